The molecule has 0 radical (unpaired) electrons. The monoisotopic (exact) mass is 1020 g/mol. The number of rotatable bonds is 11. The topological polar surface area (TPSA) is 279 Å². The summed E-state index contributed by atoms with van der Waals surface area (Å²) in [6, 6.07) is 15.0. The van der Waals surface area contributed by atoms with Crippen LogP contribution in [0.3, 0.4) is 0 Å². The van der Waals surface area contributed by atoms with Crippen LogP contribution < -0.4 is 42.2 Å². The van der Waals surface area contributed by atoms with Crippen LogP contribution in [0.25, 0.3) is 21.8 Å². The Kier molecular flexibility index (Phi) is 15.7. The van der Waals surface area contributed by atoms with Gasteiger partial charge in [0.25, 0.3) is 23.6 Å². The maximum Gasteiger partial charge on any atom is 0.490 e. The quantitative estimate of drug-likeness (QED) is 0.0702. The third kappa shape index (κ3) is 11.9. The first-order valence-electron chi connectivity index (χ1n) is 24.2. The highest BCUT2D eigenvalue weighted by molar-refractivity contribution is 6.11. The van der Waals surface area contributed by atoms with Crippen molar-refractivity contribution in [1.82, 2.24) is 35.5 Å². The van der Waals surface area contributed by atoms with E-state index in [0.717, 1.165) is 85.6 Å². The molecule has 7 heterocycles. The van der Waals surface area contributed by atoms with Crippen molar-refractivity contribution in [2.45, 2.75) is 77.4 Å². The van der Waals surface area contributed by atoms with E-state index in [-0.39, 0.29) is 34.8 Å². The lowest BCUT2D eigenvalue weighted by Gasteiger charge is -2.29. The Morgan fingerprint density at radius 2 is 1.23 bits per heavy atom. The number of nitrogens with two attached hydrogens (primary N) is 2. The second kappa shape index (κ2) is 22.3. The third-order valence-electron chi connectivity index (χ3n) is 13.4. The Morgan fingerprint density at radius 3 is 1.74 bits per heavy atom. The van der Waals surface area contributed by atoms with E-state index in [0.29, 0.717) is 75.8 Å². The molecule has 1 saturated heterocycles. The summed E-state index contributed by atoms with van der Waals surface area (Å²) < 4.78 is 43.1. The first-order chi connectivity index (χ1) is 35.4. The van der Waals surface area contributed by atoms with Crippen LogP contribution in [0.5, 0.6) is 11.5 Å². The predicted molar refractivity (Wildman–Crippen MR) is 269 cm³/mol. The number of amides is 4. The summed E-state index contributed by atoms with van der Waals surface area (Å²) in [4.78, 5) is 79.5. The van der Waals surface area contributed by atoms with E-state index in [9.17, 15) is 32.3 Å². The van der Waals surface area contributed by atoms with Crippen LogP contribution in [0.1, 0.15) is 103 Å². The minimum atomic E-state index is -5.08. The molecule has 1 aliphatic carbocycles. The van der Waals surface area contributed by atoms with Crippen molar-refractivity contribution in [3.05, 3.63) is 106 Å². The molecule has 74 heavy (non-hydrogen) atoms. The highest BCUT2D eigenvalue weighted by Crippen LogP contribution is 2.39. The Hall–Kier alpha value is -8.14. The lowest BCUT2D eigenvalue weighted by Crippen LogP contribution is -2.43. The molecule has 10 rings (SSSR count). The van der Waals surface area contributed by atoms with Crippen LogP contribution in [0.15, 0.2) is 60.9 Å². The number of aryl methyl sites for hydroxylation is 2. The van der Waals surface area contributed by atoms with Crippen LogP contribution in [0.4, 0.5) is 35.9 Å². The molecule has 2 fully saturated rings. The number of carbonyl (C=O) groups is 5. The fraction of sp³-hybridized carbons (Fsp3) is 0.365. The number of primary amides is 2. The summed E-state index contributed by atoms with van der Waals surface area (Å²) in [5.74, 6) is -2.25. The van der Waals surface area contributed by atoms with E-state index < -0.39 is 24.0 Å². The number of carboxylic acid groups (broad SMARTS) is 1. The number of ether oxygens (including phenoxy) is 2. The number of fused-ring (bicyclic) bond motifs is 4. The minimum Gasteiger partial charge on any atom is -0.493 e. The van der Waals surface area contributed by atoms with Crippen LogP contribution in [0.2, 0.25) is 0 Å². The van der Waals surface area contributed by atoms with Crippen molar-refractivity contribution in [2.24, 2.45) is 17.4 Å². The van der Waals surface area contributed by atoms with Gasteiger partial charge in [0, 0.05) is 71.1 Å². The van der Waals surface area contributed by atoms with Gasteiger partial charge in [-0.15, -0.1) is 0 Å². The standard InChI is InChI=1S/C25H28N6O3.C25H27N5O3.C2HF3O2/c1-14-22-17(12-20(28-14)25(33)29-15-6-9-31(2)10-7-15)23(18(13-27-22)24(26)32)30-19-4-3-5-21-16(19)8-11-34-21;1-14-22-17(11-20(29-14)24(26)31)23(30-19-7-4-8-21-16(19)9-10-33-21)18(13-27-22)25(32)28-12-15-5-2-3-6-15;3-2(4,5)1(6)7/h3-5,12-13,15H,6-11H2,1-2H3,(H2,26,32)(H,27,30)(H,29,33);4,7-8,11,13,15H,2-3,5-6,9-10,12H2,1H3,(H2,26,31)(H,27,30)(H,28,32);(H,6,7). The second-order valence-corrected chi connectivity index (χ2v) is 18.5. The molecular formula is C52H56F3N11O8. The van der Waals surface area contributed by atoms with Crippen molar-refractivity contribution in [2.75, 3.05) is 50.5 Å². The summed E-state index contributed by atoms with van der Waals surface area (Å²) in [7, 11) is 2.08. The second-order valence-electron chi connectivity index (χ2n) is 18.5. The predicted octanol–water partition coefficient (Wildman–Crippen LogP) is 6.81. The lowest BCUT2D eigenvalue weighted by molar-refractivity contribution is -0.192. The molecule has 4 aliphatic rings. The number of likely N-dealkylation sites (tertiary alicyclic amines) is 1. The van der Waals surface area contributed by atoms with Crippen molar-refractivity contribution in [3.63, 3.8) is 0 Å². The number of hydrogen-bond donors (Lipinski definition) is 7. The fourth-order valence-electron chi connectivity index (χ4n) is 9.49. The molecule has 3 aliphatic heterocycles. The van der Waals surface area contributed by atoms with Crippen molar-refractivity contribution in [1.29, 1.82) is 0 Å². The van der Waals surface area contributed by atoms with Gasteiger partial charge in [-0.3, -0.25) is 29.1 Å². The number of piperidine rings is 1. The smallest absolute Gasteiger partial charge is 0.490 e. The molecule has 6 aromatic rings. The van der Waals surface area contributed by atoms with Gasteiger partial charge in [-0.1, -0.05) is 25.0 Å². The Balaban J connectivity index is 0.000000175. The zero-order valence-electron chi connectivity index (χ0n) is 41.0. The van der Waals surface area contributed by atoms with Crippen LogP contribution in [-0.2, 0) is 17.6 Å². The maximum atomic E-state index is 13.3. The van der Waals surface area contributed by atoms with E-state index in [1.807, 2.05) is 43.3 Å². The van der Waals surface area contributed by atoms with E-state index in [4.69, 9.17) is 30.8 Å². The van der Waals surface area contributed by atoms with Crippen molar-refractivity contribution >= 4 is 74.2 Å². The number of nitrogens with one attached hydrogen (secondary N) is 4. The number of hydrogen-bond acceptors (Lipinski definition) is 14. The van der Waals surface area contributed by atoms with Crippen molar-refractivity contribution in [3.8, 4) is 11.5 Å². The molecule has 1 saturated carbocycles. The molecule has 22 heteroatoms. The van der Waals surface area contributed by atoms with Gasteiger partial charge in [0.2, 0.25) is 0 Å². The van der Waals surface area contributed by atoms with Gasteiger partial charge in [-0.2, -0.15) is 13.2 Å². The summed E-state index contributed by atoms with van der Waals surface area (Å²) in [5.41, 5.74) is 19.6. The van der Waals surface area contributed by atoms with E-state index in [1.54, 1.807) is 25.3 Å². The number of alkyl halides is 3. The molecule has 2 aromatic carbocycles. The van der Waals surface area contributed by atoms with Gasteiger partial charge in [0.1, 0.15) is 22.9 Å². The molecule has 388 valence electrons. The average Bonchev–Trinajstić information content (AvgIpc) is 4.18. The molecule has 9 N–H and O–H groups in total. The van der Waals surface area contributed by atoms with Gasteiger partial charge < -0.3 is 52.2 Å². The van der Waals surface area contributed by atoms with Gasteiger partial charge in [0.15, 0.2) is 0 Å². The number of aliphatic carboxylic acids is 1. The molecule has 19 nitrogen and oxygen atoms in total. The molecule has 4 amide bonds. The normalized spacial score (nSPS) is 15.3. The van der Waals surface area contributed by atoms with Gasteiger partial charge in [0.05, 0.1) is 58.1 Å². The maximum absolute atomic E-state index is 13.3. The summed E-state index contributed by atoms with van der Waals surface area (Å²) in [6.45, 7) is 7.35. The molecule has 4 aromatic heterocycles. The summed E-state index contributed by atoms with van der Waals surface area (Å²) in [5, 5.41) is 21.4. The van der Waals surface area contributed by atoms with Gasteiger partial charge in [-0.25, -0.2) is 14.8 Å². The first kappa shape index (κ1) is 52.2. The van der Waals surface area contributed by atoms with Crippen molar-refractivity contribution < 1.29 is 51.7 Å². The zero-order valence-corrected chi connectivity index (χ0v) is 41.0. The molecule has 0 atom stereocenters. The number of nitrogens with zero attached hydrogens (tertiary/aromatic N) is 5. The Labute approximate surface area is 423 Å². The minimum absolute atomic E-state index is 0.112. The molecule has 0 bridgehead atoms. The first-order valence-corrected chi connectivity index (χ1v) is 24.2. The number of pyridine rings is 4. The zero-order chi connectivity index (χ0) is 52.8. The summed E-state index contributed by atoms with van der Waals surface area (Å²) >= 11 is 0. The van der Waals surface area contributed by atoms with Crippen LogP contribution in [0, 0.1) is 19.8 Å². The number of benzene rings is 2. The van der Waals surface area contributed by atoms with E-state index in [2.05, 4.69) is 53.2 Å². The number of carbonyl (C=O) groups excluding carboxylic acids is 4. The number of anilines is 4. The van der Waals surface area contributed by atoms with E-state index >= 15 is 0 Å². The summed E-state index contributed by atoms with van der Waals surface area (Å²) in [6.07, 6.45) is 6.01. The third-order valence-corrected chi connectivity index (χ3v) is 13.4. The molecule has 0 spiro atoms. The van der Waals surface area contributed by atoms with Crippen LogP contribution >= 0.6 is 0 Å². The highest BCUT2D eigenvalue weighted by atomic mass is 19.4. The Morgan fingerprint density at radius 1 is 0.730 bits per heavy atom. The Bertz CT molecular complexity index is 3160. The lowest BCUT2D eigenvalue weighted by atomic mass is 10.0. The van der Waals surface area contributed by atoms with Gasteiger partial charge in [-0.05, 0) is 102 Å². The average molecular weight is 1020 g/mol. The fourth-order valence-corrected chi connectivity index (χ4v) is 9.49. The molecular weight excluding hydrogens is 964 g/mol. The van der Waals surface area contributed by atoms with Gasteiger partial charge >= 0.3 is 12.1 Å². The largest absolute Gasteiger partial charge is 0.493 e. The van der Waals surface area contributed by atoms with E-state index in [1.165, 1.54) is 19.0 Å². The highest BCUT2D eigenvalue weighted by Gasteiger charge is 2.38. The number of halogens is 3. The van der Waals surface area contributed by atoms with Crippen LogP contribution in [-0.4, -0.2) is 112 Å². The SMILES string of the molecule is Cc1nc(C(=O)NC2CCN(C)CC2)cc2c(Nc3cccc4c3CCO4)c(C(N)=O)cnc12.Cc1nc(C(N)=O)cc2c(Nc3cccc4c3CCO4)c(C(=O)NCC3CCCC3)cnc12.O=C(O)C(F)(F)F. The number of carboxylic acids is 1. The number of aromatic nitrogens is 4. The molecule has 0 unspecified atom stereocenters.